The zero-order valence-corrected chi connectivity index (χ0v) is 18.2. The summed E-state index contributed by atoms with van der Waals surface area (Å²) in [7, 11) is -2.86. The number of carbonyl (C=O) groups excluding carboxylic acids is 2. The van der Waals surface area contributed by atoms with Crippen molar-refractivity contribution in [1.29, 1.82) is 0 Å². The Balaban J connectivity index is 2.05. The Morgan fingerprint density at radius 1 is 0.968 bits per heavy atom. The van der Waals surface area contributed by atoms with E-state index >= 15 is 0 Å². The molecule has 0 saturated carbocycles. The van der Waals surface area contributed by atoms with Gasteiger partial charge in [0.15, 0.2) is 18.1 Å². The number of nitrogens with two attached hydrogens (primary N) is 1. The van der Waals surface area contributed by atoms with E-state index in [1.165, 1.54) is 19.2 Å². The average Bonchev–Trinajstić information content (AvgIpc) is 2.73. The summed E-state index contributed by atoms with van der Waals surface area (Å²) >= 11 is 0. The van der Waals surface area contributed by atoms with Gasteiger partial charge in [-0.3, -0.25) is 4.79 Å². The van der Waals surface area contributed by atoms with E-state index in [4.69, 9.17) is 24.1 Å². The number of benzene rings is 2. The summed E-state index contributed by atoms with van der Waals surface area (Å²) in [6, 6.07) is 8.46. The molecule has 1 amide bonds. The maximum atomic E-state index is 12.2. The van der Waals surface area contributed by atoms with Gasteiger partial charge in [-0.2, -0.15) is 0 Å². The molecule has 3 N–H and O–H groups in total. The van der Waals surface area contributed by atoms with Gasteiger partial charge in [0, 0.05) is 11.8 Å². The van der Waals surface area contributed by atoms with Gasteiger partial charge in [-0.05, 0) is 44.2 Å². The van der Waals surface area contributed by atoms with Crippen LogP contribution in [0, 0.1) is 0 Å². The molecule has 168 valence electrons. The van der Waals surface area contributed by atoms with E-state index in [1.54, 1.807) is 18.2 Å². The maximum Gasteiger partial charge on any atom is 0.338 e. The summed E-state index contributed by atoms with van der Waals surface area (Å²) in [4.78, 5) is 24.0. The third kappa shape index (κ3) is 6.59. The Labute approximate surface area is 180 Å². The summed E-state index contributed by atoms with van der Waals surface area (Å²) in [5, 5.41) is 7.71. The van der Waals surface area contributed by atoms with Gasteiger partial charge in [0.05, 0.1) is 25.9 Å². The molecule has 2 aromatic carbocycles. The van der Waals surface area contributed by atoms with Crippen LogP contribution in [0.4, 0.5) is 5.69 Å². The van der Waals surface area contributed by atoms with Crippen molar-refractivity contribution in [3.8, 4) is 17.2 Å². The van der Waals surface area contributed by atoms with E-state index in [9.17, 15) is 18.0 Å². The second-order valence-corrected chi connectivity index (χ2v) is 7.59. The molecular formula is C20H24N2O8S. The van der Waals surface area contributed by atoms with E-state index in [0.717, 1.165) is 6.07 Å². The minimum absolute atomic E-state index is 0.0163. The van der Waals surface area contributed by atoms with Crippen LogP contribution in [0.3, 0.4) is 0 Å². The molecule has 0 atom stereocenters. The Morgan fingerprint density at radius 3 is 2.23 bits per heavy atom. The largest absolute Gasteiger partial charge is 0.495 e. The zero-order valence-electron chi connectivity index (χ0n) is 17.3. The van der Waals surface area contributed by atoms with Gasteiger partial charge < -0.3 is 24.3 Å². The topological polar surface area (TPSA) is 143 Å². The van der Waals surface area contributed by atoms with Gasteiger partial charge in [0.25, 0.3) is 5.91 Å². The van der Waals surface area contributed by atoms with Crippen molar-refractivity contribution in [2.75, 3.05) is 32.2 Å². The number of carbonyl (C=O) groups is 2. The standard InChI is InChI=1S/C20H24N2O8S/c1-4-28-15-9-7-14(11-17(15)29-5-2)22-19(23)12-30-20(24)13-6-8-16(27-3)18(10-13)31(21,25)26/h6-11H,4-5,12H2,1-3H3,(H,22,23)(H2,21,25,26). The molecule has 11 heteroatoms. The molecule has 0 unspecified atom stereocenters. The monoisotopic (exact) mass is 452 g/mol. The molecular weight excluding hydrogens is 428 g/mol. The number of nitrogens with one attached hydrogen (secondary N) is 1. The molecule has 0 fully saturated rings. The van der Waals surface area contributed by atoms with Crippen LogP contribution in [0.5, 0.6) is 17.2 Å². The van der Waals surface area contributed by atoms with E-state index in [2.05, 4.69) is 5.32 Å². The summed E-state index contributed by atoms with van der Waals surface area (Å²) in [5.41, 5.74) is 0.325. The Morgan fingerprint density at radius 2 is 1.61 bits per heavy atom. The molecule has 10 nitrogen and oxygen atoms in total. The van der Waals surface area contributed by atoms with Crippen molar-refractivity contribution in [3.05, 3.63) is 42.0 Å². The van der Waals surface area contributed by atoms with Crippen LogP contribution in [0.15, 0.2) is 41.3 Å². The van der Waals surface area contributed by atoms with E-state index in [-0.39, 0.29) is 16.2 Å². The average molecular weight is 452 g/mol. The fourth-order valence-electron chi connectivity index (χ4n) is 2.57. The smallest absolute Gasteiger partial charge is 0.338 e. The number of ether oxygens (including phenoxy) is 4. The first-order chi connectivity index (χ1) is 14.7. The van der Waals surface area contributed by atoms with Crippen LogP contribution in [0.1, 0.15) is 24.2 Å². The second kappa shape index (κ2) is 10.6. The second-order valence-electron chi connectivity index (χ2n) is 6.06. The molecule has 31 heavy (non-hydrogen) atoms. The van der Waals surface area contributed by atoms with Gasteiger partial charge in [0.1, 0.15) is 10.6 Å². The van der Waals surface area contributed by atoms with Crippen molar-refractivity contribution >= 4 is 27.6 Å². The van der Waals surface area contributed by atoms with Crippen LogP contribution >= 0.6 is 0 Å². The van der Waals surface area contributed by atoms with Crippen LogP contribution in [0.2, 0.25) is 0 Å². The lowest BCUT2D eigenvalue weighted by atomic mass is 10.2. The maximum absolute atomic E-state index is 12.2. The van der Waals surface area contributed by atoms with Gasteiger partial charge in [-0.25, -0.2) is 18.4 Å². The number of methoxy groups -OCH3 is 1. The predicted octanol–water partition coefficient (Wildman–Crippen LogP) is 1.94. The molecule has 0 aliphatic carbocycles. The summed E-state index contributed by atoms with van der Waals surface area (Å²) in [5.74, 6) is -0.506. The van der Waals surface area contributed by atoms with Crippen LogP contribution in [-0.2, 0) is 19.6 Å². The molecule has 0 bridgehead atoms. The highest BCUT2D eigenvalue weighted by atomic mass is 32.2. The van der Waals surface area contributed by atoms with Gasteiger partial charge in [-0.15, -0.1) is 0 Å². The van der Waals surface area contributed by atoms with Crippen LogP contribution < -0.4 is 24.7 Å². The van der Waals surface area contributed by atoms with Gasteiger partial charge in [-0.1, -0.05) is 0 Å². The fraction of sp³-hybridized carbons (Fsp3) is 0.300. The highest BCUT2D eigenvalue weighted by molar-refractivity contribution is 7.89. The van der Waals surface area contributed by atoms with E-state index < -0.39 is 28.5 Å². The first kappa shape index (κ1) is 24.0. The quantitative estimate of drug-likeness (QED) is 0.521. The molecule has 0 aliphatic rings. The van der Waals surface area contributed by atoms with Crippen LogP contribution in [0.25, 0.3) is 0 Å². The predicted molar refractivity (Wildman–Crippen MR) is 112 cm³/mol. The minimum atomic E-state index is -4.12. The Bertz CT molecular complexity index is 1050. The molecule has 0 aromatic heterocycles. The van der Waals surface area contributed by atoms with Crippen molar-refractivity contribution in [2.45, 2.75) is 18.7 Å². The number of sulfonamides is 1. The van der Waals surface area contributed by atoms with Crippen molar-refractivity contribution in [1.82, 2.24) is 0 Å². The number of rotatable bonds is 10. The number of hydrogen-bond acceptors (Lipinski definition) is 8. The molecule has 0 heterocycles. The number of primary sulfonamides is 1. The molecule has 0 aliphatic heterocycles. The lowest BCUT2D eigenvalue weighted by molar-refractivity contribution is -0.119. The normalized spacial score (nSPS) is 10.8. The lowest BCUT2D eigenvalue weighted by Crippen LogP contribution is -2.21. The van der Waals surface area contributed by atoms with E-state index in [1.807, 2.05) is 13.8 Å². The summed E-state index contributed by atoms with van der Waals surface area (Å²) in [6.45, 7) is 3.94. The molecule has 0 saturated heterocycles. The van der Waals surface area contributed by atoms with Crippen molar-refractivity contribution < 1.29 is 37.0 Å². The highest BCUT2D eigenvalue weighted by Crippen LogP contribution is 2.30. The number of esters is 1. The number of hydrogen-bond donors (Lipinski definition) is 2. The van der Waals surface area contributed by atoms with Crippen LogP contribution in [-0.4, -0.2) is 47.2 Å². The van der Waals surface area contributed by atoms with Crippen molar-refractivity contribution in [3.63, 3.8) is 0 Å². The fourth-order valence-corrected chi connectivity index (χ4v) is 3.29. The third-order valence-corrected chi connectivity index (χ3v) is 4.80. The zero-order chi connectivity index (χ0) is 23.0. The summed E-state index contributed by atoms with van der Waals surface area (Å²) < 4.78 is 44.2. The number of amides is 1. The number of anilines is 1. The molecule has 2 aromatic rings. The highest BCUT2D eigenvalue weighted by Gasteiger charge is 2.19. The van der Waals surface area contributed by atoms with Gasteiger partial charge in [0.2, 0.25) is 10.0 Å². The molecule has 0 radical (unpaired) electrons. The Hall–Kier alpha value is -3.31. The molecule has 2 rings (SSSR count). The molecule has 0 spiro atoms. The Kier molecular flexibility index (Phi) is 8.22. The van der Waals surface area contributed by atoms with Crippen molar-refractivity contribution in [2.24, 2.45) is 5.14 Å². The first-order valence-corrected chi connectivity index (χ1v) is 10.8. The van der Waals surface area contributed by atoms with E-state index in [0.29, 0.717) is 30.4 Å². The SMILES string of the molecule is CCOc1ccc(NC(=O)COC(=O)c2ccc(OC)c(S(N)(=O)=O)c2)cc1OCC. The summed E-state index contributed by atoms with van der Waals surface area (Å²) in [6.07, 6.45) is 0. The minimum Gasteiger partial charge on any atom is -0.495 e. The van der Waals surface area contributed by atoms with Gasteiger partial charge >= 0.3 is 5.97 Å². The first-order valence-electron chi connectivity index (χ1n) is 9.27. The third-order valence-electron chi connectivity index (χ3n) is 3.87. The lowest BCUT2D eigenvalue weighted by Gasteiger charge is -2.13.